The summed E-state index contributed by atoms with van der Waals surface area (Å²) in [5, 5.41) is 9.53. The van der Waals surface area contributed by atoms with Crippen LogP contribution in [-0.4, -0.2) is 50.4 Å². The second kappa shape index (κ2) is 5.19. The van der Waals surface area contributed by atoms with Crippen molar-refractivity contribution in [3.63, 3.8) is 0 Å². The highest BCUT2D eigenvalue weighted by atomic mass is 16.5. The average molecular weight is 265 g/mol. The molecule has 1 N–H and O–H groups in total. The van der Waals surface area contributed by atoms with Gasteiger partial charge in [-0.15, -0.1) is 0 Å². The van der Waals surface area contributed by atoms with Gasteiger partial charge in [0.05, 0.1) is 26.4 Å². The van der Waals surface area contributed by atoms with Crippen molar-refractivity contribution >= 4 is 5.97 Å². The maximum atomic E-state index is 11.6. The standard InChI is InChI=1S/C14H19NO4/c1-15(2)12(14(13(16)17)8-19-9-14)10-4-6-11(18-3)7-5-10/h4-7,12H,8-9H2,1-3H3,(H,16,17). The molecule has 0 aromatic heterocycles. The van der Waals surface area contributed by atoms with Crippen LogP contribution in [0.15, 0.2) is 24.3 Å². The molecule has 1 aliphatic rings. The summed E-state index contributed by atoms with van der Waals surface area (Å²) < 4.78 is 10.3. The molecule has 0 aliphatic carbocycles. The summed E-state index contributed by atoms with van der Waals surface area (Å²) in [5.74, 6) is -0.0521. The summed E-state index contributed by atoms with van der Waals surface area (Å²) in [4.78, 5) is 13.5. The molecule has 104 valence electrons. The zero-order valence-corrected chi connectivity index (χ0v) is 11.4. The van der Waals surface area contributed by atoms with Gasteiger partial charge in [0, 0.05) is 0 Å². The van der Waals surface area contributed by atoms with E-state index in [0.29, 0.717) is 0 Å². The van der Waals surface area contributed by atoms with E-state index in [0.717, 1.165) is 11.3 Å². The number of ether oxygens (including phenoxy) is 2. The third-order valence-electron chi connectivity index (χ3n) is 3.62. The molecule has 0 spiro atoms. The van der Waals surface area contributed by atoms with Gasteiger partial charge in [-0.05, 0) is 31.8 Å². The van der Waals surface area contributed by atoms with E-state index in [2.05, 4.69) is 0 Å². The molecule has 19 heavy (non-hydrogen) atoms. The maximum absolute atomic E-state index is 11.6. The number of carboxylic acids is 1. The molecule has 0 amide bonds. The Kier molecular flexibility index (Phi) is 3.78. The van der Waals surface area contributed by atoms with Crippen molar-refractivity contribution in [2.24, 2.45) is 5.41 Å². The van der Waals surface area contributed by atoms with Crippen LogP contribution < -0.4 is 4.74 Å². The number of hydrogen-bond acceptors (Lipinski definition) is 4. The van der Waals surface area contributed by atoms with Gasteiger partial charge in [0.15, 0.2) is 0 Å². The van der Waals surface area contributed by atoms with Crippen LogP contribution in [0.25, 0.3) is 0 Å². The molecule has 0 saturated carbocycles. The van der Waals surface area contributed by atoms with Gasteiger partial charge in [0.2, 0.25) is 0 Å². The molecular weight excluding hydrogens is 246 g/mol. The first-order chi connectivity index (χ1) is 9.01. The Labute approximate surface area is 112 Å². The van der Waals surface area contributed by atoms with Crippen LogP contribution in [0, 0.1) is 5.41 Å². The van der Waals surface area contributed by atoms with Crippen LogP contribution >= 0.6 is 0 Å². The number of methoxy groups -OCH3 is 1. The fourth-order valence-electron chi connectivity index (χ4n) is 2.62. The van der Waals surface area contributed by atoms with E-state index < -0.39 is 11.4 Å². The van der Waals surface area contributed by atoms with Crippen molar-refractivity contribution in [2.45, 2.75) is 6.04 Å². The lowest BCUT2D eigenvalue weighted by atomic mass is 9.74. The van der Waals surface area contributed by atoms with E-state index in [4.69, 9.17) is 9.47 Å². The Hall–Kier alpha value is -1.59. The van der Waals surface area contributed by atoms with Crippen LogP contribution in [0.5, 0.6) is 5.75 Å². The molecule has 1 aromatic rings. The second-order valence-corrected chi connectivity index (χ2v) is 5.09. The molecule has 1 aliphatic heterocycles. The van der Waals surface area contributed by atoms with Crippen LogP contribution in [0.3, 0.4) is 0 Å². The number of carbonyl (C=O) groups is 1. The Morgan fingerprint density at radius 2 is 1.95 bits per heavy atom. The van der Waals surface area contributed by atoms with E-state index in [9.17, 15) is 9.90 Å². The topological polar surface area (TPSA) is 59.0 Å². The molecule has 1 fully saturated rings. The van der Waals surface area contributed by atoms with Gasteiger partial charge in [0.1, 0.15) is 11.2 Å². The number of rotatable bonds is 5. The van der Waals surface area contributed by atoms with Crippen molar-refractivity contribution in [2.75, 3.05) is 34.4 Å². The lowest BCUT2D eigenvalue weighted by Gasteiger charge is -2.46. The van der Waals surface area contributed by atoms with Crippen LogP contribution in [0.2, 0.25) is 0 Å². The van der Waals surface area contributed by atoms with Gasteiger partial charge >= 0.3 is 5.97 Å². The number of carboxylic acid groups (broad SMARTS) is 1. The van der Waals surface area contributed by atoms with E-state index in [-0.39, 0.29) is 19.3 Å². The number of aliphatic carboxylic acids is 1. The molecule has 1 unspecified atom stereocenters. The van der Waals surface area contributed by atoms with E-state index in [1.54, 1.807) is 7.11 Å². The summed E-state index contributed by atoms with van der Waals surface area (Å²) in [5.41, 5.74) is 0.0921. The van der Waals surface area contributed by atoms with E-state index in [1.807, 2.05) is 43.3 Å². The highest BCUT2D eigenvalue weighted by Crippen LogP contribution is 2.44. The van der Waals surface area contributed by atoms with Crippen LogP contribution in [-0.2, 0) is 9.53 Å². The highest BCUT2D eigenvalue weighted by molar-refractivity contribution is 5.77. The second-order valence-electron chi connectivity index (χ2n) is 5.09. The summed E-state index contributed by atoms with van der Waals surface area (Å²) in [7, 11) is 5.38. The molecule has 1 heterocycles. The summed E-state index contributed by atoms with van der Waals surface area (Å²) in [6.07, 6.45) is 0. The number of hydrogen-bond donors (Lipinski definition) is 1. The van der Waals surface area contributed by atoms with Gasteiger partial charge in [0.25, 0.3) is 0 Å². The fourth-order valence-corrected chi connectivity index (χ4v) is 2.62. The highest BCUT2D eigenvalue weighted by Gasteiger charge is 2.54. The predicted molar refractivity (Wildman–Crippen MR) is 70.3 cm³/mol. The Bertz CT molecular complexity index is 451. The summed E-state index contributed by atoms with van der Waals surface area (Å²) >= 11 is 0. The first kappa shape index (κ1) is 13.8. The molecule has 5 heteroatoms. The fraction of sp³-hybridized carbons (Fsp3) is 0.500. The van der Waals surface area contributed by atoms with E-state index >= 15 is 0 Å². The molecular formula is C14H19NO4. The van der Waals surface area contributed by atoms with Gasteiger partial charge in [-0.25, -0.2) is 0 Å². The molecule has 0 bridgehead atoms. The maximum Gasteiger partial charge on any atom is 0.316 e. The van der Waals surface area contributed by atoms with Gasteiger partial charge < -0.3 is 19.5 Å². The molecule has 1 aromatic carbocycles. The van der Waals surface area contributed by atoms with Crippen LogP contribution in [0.4, 0.5) is 0 Å². The lowest BCUT2D eigenvalue weighted by molar-refractivity contribution is -0.193. The molecule has 1 saturated heterocycles. The Balaban J connectivity index is 2.36. The molecule has 5 nitrogen and oxygen atoms in total. The monoisotopic (exact) mass is 265 g/mol. The largest absolute Gasteiger partial charge is 0.497 e. The minimum Gasteiger partial charge on any atom is -0.497 e. The Morgan fingerprint density at radius 1 is 1.37 bits per heavy atom. The smallest absolute Gasteiger partial charge is 0.316 e. The minimum atomic E-state index is -0.863. The lowest BCUT2D eigenvalue weighted by Crippen LogP contribution is -2.56. The normalized spacial score (nSPS) is 18.7. The zero-order valence-electron chi connectivity index (χ0n) is 11.4. The van der Waals surface area contributed by atoms with Gasteiger partial charge in [-0.2, -0.15) is 0 Å². The Morgan fingerprint density at radius 3 is 2.26 bits per heavy atom. The zero-order chi connectivity index (χ0) is 14.0. The summed E-state index contributed by atoms with van der Waals surface area (Å²) in [6, 6.07) is 7.30. The first-order valence-corrected chi connectivity index (χ1v) is 6.13. The van der Waals surface area contributed by atoms with Crippen molar-refractivity contribution in [1.29, 1.82) is 0 Å². The van der Waals surface area contributed by atoms with Crippen molar-refractivity contribution < 1.29 is 19.4 Å². The van der Waals surface area contributed by atoms with Crippen LogP contribution in [0.1, 0.15) is 11.6 Å². The van der Waals surface area contributed by atoms with E-state index in [1.165, 1.54) is 0 Å². The van der Waals surface area contributed by atoms with Crippen molar-refractivity contribution in [1.82, 2.24) is 4.90 Å². The van der Waals surface area contributed by atoms with Gasteiger partial charge in [-0.3, -0.25) is 4.79 Å². The first-order valence-electron chi connectivity index (χ1n) is 6.13. The number of nitrogens with zero attached hydrogens (tertiary/aromatic N) is 1. The van der Waals surface area contributed by atoms with Crippen molar-refractivity contribution in [3.05, 3.63) is 29.8 Å². The summed E-state index contributed by atoms with van der Waals surface area (Å²) in [6.45, 7) is 0.494. The number of benzene rings is 1. The quantitative estimate of drug-likeness (QED) is 0.872. The van der Waals surface area contributed by atoms with Gasteiger partial charge in [-0.1, -0.05) is 12.1 Å². The van der Waals surface area contributed by atoms with Crippen molar-refractivity contribution in [3.8, 4) is 5.75 Å². The third-order valence-corrected chi connectivity index (χ3v) is 3.62. The molecule has 0 radical (unpaired) electrons. The SMILES string of the molecule is COc1ccc(C(N(C)C)C2(C(=O)O)COC2)cc1. The third kappa shape index (κ3) is 2.31. The average Bonchev–Trinajstić information content (AvgIpc) is 2.32. The predicted octanol–water partition coefficient (Wildman–Crippen LogP) is 1.40. The molecule has 2 rings (SSSR count). The molecule has 1 atom stereocenters. The minimum absolute atomic E-state index is 0.218.